The number of hydrogen-bond acceptors (Lipinski definition) is 3. The summed E-state index contributed by atoms with van der Waals surface area (Å²) in [5.74, 6) is 0.645. The van der Waals surface area contributed by atoms with Crippen LogP contribution in [0.4, 0.5) is 0 Å². The fourth-order valence-corrected chi connectivity index (χ4v) is 1.93. The maximum atomic E-state index is 10.4. The van der Waals surface area contributed by atoms with Crippen molar-refractivity contribution in [3.05, 3.63) is 36.2 Å². The van der Waals surface area contributed by atoms with Crippen LogP contribution >= 0.6 is 0 Å². The molecule has 0 fully saturated rings. The first kappa shape index (κ1) is 10.2. The molecule has 3 nitrogen and oxygen atoms in total. The zero-order valence-corrected chi connectivity index (χ0v) is 8.81. The number of hydrogen-bond donors (Lipinski definition) is 1. The summed E-state index contributed by atoms with van der Waals surface area (Å²) in [7, 11) is 1.59. The lowest BCUT2D eigenvalue weighted by molar-refractivity contribution is 0.0651. The van der Waals surface area contributed by atoms with Crippen LogP contribution in [0.25, 0.3) is 0 Å². The van der Waals surface area contributed by atoms with E-state index in [4.69, 9.17) is 4.74 Å². The molecule has 1 atom stereocenters. The molecule has 80 valence electrons. The van der Waals surface area contributed by atoms with Gasteiger partial charge in [-0.25, -0.2) is 0 Å². The summed E-state index contributed by atoms with van der Waals surface area (Å²) in [4.78, 5) is 4.22. The third-order valence-electron chi connectivity index (χ3n) is 2.72. The number of pyridine rings is 1. The second-order valence-corrected chi connectivity index (χ2v) is 3.77. The van der Waals surface area contributed by atoms with Crippen molar-refractivity contribution in [2.24, 2.45) is 0 Å². The van der Waals surface area contributed by atoms with Crippen LogP contribution < -0.4 is 4.74 Å². The predicted molar refractivity (Wildman–Crippen MR) is 57.7 cm³/mol. The number of rotatable bonds is 2. The minimum Gasteiger partial charge on any atom is -0.495 e. The Morgan fingerprint density at radius 1 is 1.53 bits per heavy atom. The number of ether oxygens (including phenoxy) is 1. The molecular weight excluding hydrogens is 190 g/mol. The number of methoxy groups -OCH3 is 1. The molecule has 0 radical (unpaired) electrons. The zero-order valence-electron chi connectivity index (χ0n) is 8.81. The van der Waals surface area contributed by atoms with Gasteiger partial charge in [0.25, 0.3) is 0 Å². The molecule has 0 saturated heterocycles. The van der Waals surface area contributed by atoms with E-state index >= 15 is 0 Å². The van der Waals surface area contributed by atoms with Crippen molar-refractivity contribution in [1.82, 2.24) is 4.98 Å². The summed E-state index contributed by atoms with van der Waals surface area (Å²) in [6, 6.07) is 3.63. The third-order valence-corrected chi connectivity index (χ3v) is 2.72. The molecule has 0 aliphatic heterocycles. The molecule has 1 aliphatic carbocycles. The van der Waals surface area contributed by atoms with E-state index in [0.717, 1.165) is 12.8 Å². The molecular formula is C12H15NO2. The molecule has 0 amide bonds. The van der Waals surface area contributed by atoms with Crippen molar-refractivity contribution >= 4 is 0 Å². The quantitative estimate of drug-likeness (QED) is 0.751. The first-order chi connectivity index (χ1) is 7.26. The standard InChI is InChI=1S/C12H15NO2/c1-15-10-6-5-9-13-11(10)12(14)7-3-2-4-8-12/h3,5-7,9,14H,2,4,8H2,1H3. The molecule has 1 N–H and O–H groups in total. The van der Waals surface area contributed by atoms with Crippen LogP contribution in [-0.4, -0.2) is 17.2 Å². The van der Waals surface area contributed by atoms with Gasteiger partial charge >= 0.3 is 0 Å². The van der Waals surface area contributed by atoms with Crippen molar-refractivity contribution in [1.29, 1.82) is 0 Å². The van der Waals surface area contributed by atoms with Crippen molar-refractivity contribution in [2.75, 3.05) is 7.11 Å². The Hall–Kier alpha value is -1.35. The summed E-state index contributed by atoms with van der Waals surface area (Å²) in [6.45, 7) is 0. The molecule has 1 aliphatic rings. The van der Waals surface area contributed by atoms with E-state index in [1.807, 2.05) is 18.2 Å². The van der Waals surface area contributed by atoms with Crippen LogP contribution in [0, 0.1) is 0 Å². The van der Waals surface area contributed by atoms with Crippen molar-refractivity contribution < 1.29 is 9.84 Å². The molecule has 0 bridgehead atoms. The Kier molecular flexibility index (Phi) is 2.73. The van der Waals surface area contributed by atoms with Gasteiger partial charge in [-0.15, -0.1) is 0 Å². The molecule has 0 spiro atoms. The van der Waals surface area contributed by atoms with Gasteiger partial charge in [-0.3, -0.25) is 4.98 Å². The van der Waals surface area contributed by atoms with E-state index in [2.05, 4.69) is 4.98 Å². The van der Waals surface area contributed by atoms with Gasteiger partial charge in [-0.2, -0.15) is 0 Å². The fraction of sp³-hybridized carbons (Fsp3) is 0.417. The van der Waals surface area contributed by atoms with Crippen LogP contribution in [0.3, 0.4) is 0 Å². The molecule has 2 rings (SSSR count). The summed E-state index contributed by atoms with van der Waals surface area (Å²) in [6.07, 6.45) is 8.21. The van der Waals surface area contributed by atoms with E-state index < -0.39 is 5.60 Å². The number of aromatic nitrogens is 1. The lowest BCUT2D eigenvalue weighted by atomic mass is 9.87. The van der Waals surface area contributed by atoms with Gasteiger partial charge in [-0.1, -0.05) is 12.2 Å². The zero-order chi connectivity index (χ0) is 10.7. The van der Waals surface area contributed by atoms with E-state index in [9.17, 15) is 5.11 Å². The van der Waals surface area contributed by atoms with E-state index in [-0.39, 0.29) is 0 Å². The Morgan fingerprint density at radius 2 is 2.40 bits per heavy atom. The van der Waals surface area contributed by atoms with Gasteiger partial charge in [-0.05, 0) is 31.4 Å². The fourth-order valence-electron chi connectivity index (χ4n) is 1.93. The molecule has 1 unspecified atom stereocenters. The minimum absolute atomic E-state index is 0.614. The first-order valence-corrected chi connectivity index (χ1v) is 5.16. The maximum absolute atomic E-state index is 10.4. The Balaban J connectivity index is 2.43. The second-order valence-electron chi connectivity index (χ2n) is 3.77. The van der Waals surface area contributed by atoms with E-state index in [1.54, 1.807) is 19.4 Å². The Labute approximate surface area is 89.4 Å². The van der Waals surface area contributed by atoms with E-state index in [0.29, 0.717) is 17.9 Å². The molecule has 1 aromatic heterocycles. The van der Waals surface area contributed by atoms with Crippen LogP contribution in [0.15, 0.2) is 30.5 Å². The van der Waals surface area contributed by atoms with E-state index in [1.165, 1.54) is 0 Å². The van der Waals surface area contributed by atoms with Crippen molar-refractivity contribution in [3.63, 3.8) is 0 Å². The maximum Gasteiger partial charge on any atom is 0.143 e. The lowest BCUT2D eigenvalue weighted by Crippen LogP contribution is -2.26. The first-order valence-electron chi connectivity index (χ1n) is 5.16. The average Bonchev–Trinajstić information content (AvgIpc) is 2.30. The van der Waals surface area contributed by atoms with Gasteiger partial charge in [0.15, 0.2) is 0 Å². The van der Waals surface area contributed by atoms with Crippen LogP contribution in [0.1, 0.15) is 25.0 Å². The predicted octanol–water partition coefficient (Wildman–Crippen LogP) is 2.02. The minimum atomic E-state index is -0.954. The average molecular weight is 205 g/mol. The van der Waals surface area contributed by atoms with Crippen LogP contribution in [0.2, 0.25) is 0 Å². The summed E-state index contributed by atoms with van der Waals surface area (Å²) >= 11 is 0. The number of aliphatic hydroxyl groups is 1. The molecule has 3 heteroatoms. The molecule has 15 heavy (non-hydrogen) atoms. The summed E-state index contributed by atoms with van der Waals surface area (Å²) in [5.41, 5.74) is -0.339. The van der Waals surface area contributed by atoms with Gasteiger partial charge in [0.2, 0.25) is 0 Å². The molecule has 1 heterocycles. The van der Waals surface area contributed by atoms with Crippen molar-refractivity contribution in [3.8, 4) is 5.75 Å². The highest BCUT2D eigenvalue weighted by Gasteiger charge is 2.31. The molecule has 0 saturated carbocycles. The highest BCUT2D eigenvalue weighted by atomic mass is 16.5. The van der Waals surface area contributed by atoms with Crippen LogP contribution in [0.5, 0.6) is 5.75 Å². The second kappa shape index (κ2) is 4.03. The van der Waals surface area contributed by atoms with Gasteiger partial charge in [0.05, 0.1) is 7.11 Å². The smallest absolute Gasteiger partial charge is 0.143 e. The monoisotopic (exact) mass is 205 g/mol. The lowest BCUT2D eigenvalue weighted by Gasteiger charge is -2.27. The highest BCUT2D eigenvalue weighted by Crippen LogP contribution is 2.35. The molecule has 1 aromatic rings. The third kappa shape index (κ3) is 1.88. The van der Waals surface area contributed by atoms with Gasteiger partial charge in [0.1, 0.15) is 17.0 Å². The van der Waals surface area contributed by atoms with Gasteiger partial charge < -0.3 is 9.84 Å². The normalized spacial score (nSPS) is 25.2. The topological polar surface area (TPSA) is 42.4 Å². The SMILES string of the molecule is COc1cccnc1C1(O)C=CCCC1. The van der Waals surface area contributed by atoms with Crippen molar-refractivity contribution in [2.45, 2.75) is 24.9 Å². The summed E-state index contributed by atoms with van der Waals surface area (Å²) in [5, 5.41) is 10.4. The summed E-state index contributed by atoms with van der Waals surface area (Å²) < 4.78 is 5.21. The number of nitrogens with zero attached hydrogens (tertiary/aromatic N) is 1. The van der Waals surface area contributed by atoms with Crippen LogP contribution in [-0.2, 0) is 5.60 Å². The van der Waals surface area contributed by atoms with Gasteiger partial charge in [0, 0.05) is 6.20 Å². The Morgan fingerprint density at radius 3 is 3.07 bits per heavy atom. The Bertz CT molecular complexity index is 376. The highest BCUT2D eigenvalue weighted by molar-refractivity contribution is 5.35. The number of allylic oxidation sites excluding steroid dienone is 1. The molecule has 0 aromatic carbocycles. The largest absolute Gasteiger partial charge is 0.495 e.